The first-order valence-electron chi connectivity index (χ1n) is 6.21. The molecule has 2 aromatic heterocycles. The van der Waals surface area contributed by atoms with Gasteiger partial charge in [0.1, 0.15) is 11.2 Å². The van der Waals surface area contributed by atoms with Crippen LogP contribution in [0.5, 0.6) is 0 Å². The van der Waals surface area contributed by atoms with Gasteiger partial charge in [-0.1, -0.05) is 0 Å². The van der Waals surface area contributed by atoms with Gasteiger partial charge in [0.25, 0.3) is 5.91 Å². The van der Waals surface area contributed by atoms with Crippen molar-refractivity contribution in [1.82, 2.24) is 9.88 Å². The fourth-order valence-corrected chi connectivity index (χ4v) is 2.17. The van der Waals surface area contributed by atoms with E-state index in [2.05, 4.69) is 4.98 Å². The summed E-state index contributed by atoms with van der Waals surface area (Å²) in [6.45, 7) is 2.17. The molecule has 3 rings (SSSR count). The average Bonchev–Trinajstić information content (AvgIpc) is 2.83. The van der Waals surface area contributed by atoms with E-state index in [1.54, 1.807) is 11.0 Å². The Balaban J connectivity index is 1.96. The number of nitrogens with two attached hydrogens (primary N) is 1. The maximum absolute atomic E-state index is 12.3. The quantitative estimate of drug-likeness (QED) is 0.810. The van der Waals surface area contributed by atoms with Gasteiger partial charge in [-0.15, -0.1) is 0 Å². The van der Waals surface area contributed by atoms with E-state index < -0.39 is 0 Å². The van der Waals surface area contributed by atoms with E-state index in [1.807, 2.05) is 0 Å². The topological polar surface area (TPSA) is 98.7 Å². The van der Waals surface area contributed by atoms with Gasteiger partial charge < -0.3 is 19.8 Å². The Morgan fingerprint density at radius 3 is 2.85 bits per heavy atom. The van der Waals surface area contributed by atoms with E-state index in [0.29, 0.717) is 49.3 Å². The van der Waals surface area contributed by atoms with E-state index >= 15 is 0 Å². The fourth-order valence-electron chi connectivity index (χ4n) is 2.17. The second-order valence-corrected chi connectivity index (χ2v) is 4.47. The van der Waals surface area contributed by atoms with E-state index in [1.165, 1.54) is 6.20 Å². The molecule has 20 heavy (non-hydrogen) atoms. The summed E-state index contributed by atoms with van der Waals surface area (Å²) in [7, 11) is 0. The van der Waals surface area contributed by atoms with E-state index in [4.69, 9.17) is 14.9 Å². The largest absolute Gasteiger partial charge is 0.449 e. The van der Waals surface area contributed by atoms with Crippen molar-refractivity contribution in [2.24, 2.45) is 0 Å². The maximum atomic E-state index is 12.3. The molecule has 1 fully saturated rings. The van der Waals surface area contributed by atoms with Crippen LogP contribution in [0.3, 0.4) is 0 Å². The van der Waals surface area contributed by atoms with Gasteiger partial charge in [-0.25, -0.2) is 4.98 Å². The maximum Gasteiger partial charge on any atom is 0.255 e. The number of carbonyl (C=O) groups excluding carboxylic acids is 2. The van der Waals surface area contributed by atoms with Gasteiger partial charge in [-0.3, -0.25) is 9.59 Å². The number of aldehydes is 1. The summed E-state index contributed by atoms with van der Waals surface area (Å²) >= 11 is 0. The summed E-state index contributed by atoms with van der Waals surface area (Å²) in [6, 6.07) is 1.56. The highest BCUT2D eigenvalue weighted by Gasteiger charge is 2.20. The minimum absolute atomic E-state index is 0.0310. The number of hydrogen-bond acceptors (Lipinski definition) is 6. The van der Waals surface area contributed by atoms with Gasteiger partial charge in [-0.05, 0) is 6.07 Å². The number of nitrogens with zero attached hydrogens (tertiary/aromatic N) is 2. The first-order valence-corrected chi connectivity index (χ1v) is 6.21. The zero-order chi connectivity index (χ0) is 14.1. The molecular formula is C13H13N3O4. The standard InChI is InChI=1S/C13H13N3O4/c14-11-10(7-17)20-9-5-8(6-15-12(9)11)13(18)16-1-3-19-4-2-16/h5-7H,1-4,14H2. The molecule has 0 bridgehead atoms. The molecule has 0 saturated carbocycles. The van der Waals surface area contributed by atoms with Gasteiger partial charge in [0.05, 0.1) is 18.8 Å². The summed E-state index contributed by atoms with van der Waals surface area (Å²) in [6.07, 6.45) is 1.97. The third kappa shape index (κ3) is 2.01. The van der Waals surface area contributed by atoms with Gasteiger partial charge in [0.15, 0.2) is 17.6 Å². The first-order chi connectivity index (χ1) is 9.70. The number of ether oxygens (including phenoxy) is 1. The molecule has 0 aliphatic carbocycles. The Bertz CT molecular complexity index is 674. The van der Waals surface area contributed by atoms with Crippen molar-refractivity contribution in [3.05, 3.63) is 23.6 Å². The number of fused-ring (bicyclic) bond motifs is 1. The van der Waals surface area contributed by atoms with Crippen molar-refractivity contribution in [2.75, 3.05) is 32.0 Å². The van der Waals surface area contributed by atoms with Crippen molar-refractivity contribution in [3.8, 4) is 0 Å². The molecule has 0 atom stereocenters. The van der Waals surface area contributed by atoms with Crippen molar-refractivity contribution in [3.63, 3.8) is 0 Å². The molecule has 0 aromatic carbocycles. The van der Waals surface area contributed by atoms with Crippen molar-refractivity contribution >= 4 is 29.0 Å². The van der Waals surface area contributed by atoms with Crippen LogP contribution >= 0.6 is 0 Å². The number of anilines is 1. The third-order valence-electron chi connectivity index (χ3n) is 3.25. The normalized spacial score (nSPS) is 15.5. The molecule has 1 amide bonds. The Morgan fingerprint density at radius 2 is 2.15 bits per heavy atom. The molecule has 1 aliphatic rings. The molecule has 7 nitrogen and oxygen atoms in total. The number of rotatable bonds is 2. The summed E-state index contributed by atoms with van der Waals surface area (Å²) < 4.78 is 10.5. The zero-order valence-corrected chi connectivity index (χ0v) is 10.7. The Morgan fingerprint density at radius 1 is 1.40 bits per heavy atom. The summed E-state index contributed by atoms with van der Waals surface area (Å²) in [4.78, 5) is 28.9. The second-order valence-electron chi connectivity index (χ2n) is 4.47. The minimum Gasteiger partial charge on any atom is -0.449 e. The third-order valence-corrected chi connectivity index (χ3v) is 3.25. The van der Waals surface area contributed by atoms with E-state index in [0.717, 1.165) is 0 Å². The lowest BCUT2D eigenvalue weighted by atomic mass is 10.2. The van der Waals surface area contributed by atoms with E-state index in [-0.39, 0.29) is 17.4 Å². The molecular weight excluding hydrogens is 262 g/mol. The number of morpholine rings is 1. The molecule has 3 heterocycles. The van der Waals surface area contributed by atoms with Crippen molar-refractivity contribution in [1.29, 1.82) is 0 Å². The van der Waals surface area contributed by atoms with Crippen LogP contribution in [0.1, 0.15) is 20.9 Å². The lowest BCUT2D eigenvalue weighted by molar-refractivity contribution is 0.0302. The molecule has 1 saturated heterocycles. The molecule has 2 aromatic rings. The molecule has 7 heteroatoms. The fraction of sp³-hybridized carbons (Fsp3) is 0.308. The summed E-state index contributed by atoms with van der Waals surface area (Å²) in [5.74, 6) is -0.103. The van der Waals surface area contributed by atoms with Gasteiger partial charge in [-0.2, -0.15) is 0 Å². The van der Waals surface area contributed by atoms with Crippen LogP contribution in [0.15, 0.2) is 16.7 Å². The monoisotopic (exact) mass is 275 g/mol. The highest BCUT2D eigenvalue weighted by molar-refractivity contribution is 6.00. The van der Waals surface area contributed by atoms with Crippen LogP contribution in [0, 0.1) is 0 Å². The predicted molar refractivity (Wildman–Crippen MR) is 70.5 cm³/mol. The molecule has 104 valence electrons. The highest BCUT2D eigenvalue weighted by Crippen LogP contribution is 2.26. The molecule has 0 radical (unpaired) electrons. The Kier molecular flexibility index (Phi) is 3.11. The number of pyridine rings is 1. The van der Waals surface area contributed by atoms with Crippen LogP contribution in [0.2, 0.25) is 0 Å². The first kappa shape index (κ1) is 12.6. The molecule has 2 N–H and O–H groups in total. The van der Waals surface area contributed by atoms with Crippen LogP contribution in [0.4, 0.5) is 5.69 Å². The van der Waals surface area contributed by atoms with Crippen LogP contribution in [-0.2, 0) is 4.74 Å². The minimum atomic E-state index is -0.134. The number of carbonyl (C=O) groups is 2. The van der Waals surface area contributed by atoms with Crippen LogP contribution in [-0.4, -0.2) is 48.4 Å². The molecule has 1 aliphatic heterocycles. The predicted octanol–water partition coefficient (Wildman–Crippen LogP) is 0.695. The van der Waals surface area contributed by atoms with Gasteiger partial charge in [0.2, 0.25) is 0 Å². The van der Waals surface area contributed by atoms with Crippen molar-refractivity contribution < 1.29 is 18.7 Å². The second kappa shape index (κ2) is 4.93. The van der Waals surface area contributed by atoms with E-state index in [9.17, 15) is 9.59 Å². The number of furan rings is 1. The number of hydrogen-bond donors (Lipinski definition) is 1. The van der Waals surface area contributed by atoms with Gasteiger partial charge in [0, 0.05) is 19.3 Å². The number of amides is 1. The van der Waals surface area contributed by atoms with Gasteiger partial charge >= 0.3 is 0 Å². The summed E-state index contributed by atoms with van der Waals surface area (Å²) in [5.41, 5.74) is 7.05. The molecule has 0 spiro atoms. The lowest BCUT2D eigenvalue weighted by Gasteiger charge is -2.26. The summed E-state index contributed by atoms with van der Waals surface area (Å²) in [5, 5.41) is 0. The number of nitrogen functional groups attached to an aromatic ring is 1. The zero-order valence-electron chi connectivity index (χ0n) is 10.7. The lowest BCUT2D eigenvalue weighted by Crippen LogP contribution is -2.40. The van der Waals surface area contributed by atoms with Crippen molar-refractivity contribution in [2.45, 2.75) is 0 Å². The highest BCUT2D eigenvalue weighted by atomic mass is 16.5. The van der Waals surface area contributed by atoms with Crippen LogP contribution < -0.4 is 5.73 Å². The SMILES string of the molecule is Nc1c(C=O)oc2cc(C(=O)N3CCOCC3)cnc12. The van der Waals surface area contributed by atoms with Crippen LogP contribution in [0.25, 0.3) is 11.1 Å². The number of aromatic nitrogens is 1. The molecule has 0 unspecified atom stereocenters. The Labute approximate surface area is 114 Å². The smallest absolute Gasteiger partial charge is 0.255 e. The average molecular weight is 275 g/mol. The Hall–Kier alpha value is -2.41.